The van der Waals surface area contributed by atoms with E-state index in [0.29, 0.717) is 33.8 Å². The molecule has 0 aromatic heterocycles. The Hall–Kier alpha value is -2.82. The van der Waals surface area contributed by atoms with E-state index < -0.39 is 11.9 Å². The van der Waals surface area contributed by atoms with Gasteiger partial charge in [0.2, 0.25) is 0 Å². The quantitative estimate of drug-likeness (QED) is 0.640. The molecule has 0 radical (unpaired) electrons. The summed E-state index contributed by atoms with van der Waals surface area (Å²) in [6, 6.07) is 9.99. The Kier molecular flexibility index (Phi) is 5.01. The molecule has 0 aliphatic carbocycles. The lowest BCUT2D eigenvalue weighted by Crippen LogP contribution is -2.15. The fourth-order valence-electron chi connectivity index (χ4n) is 2.31. The summed E-state index contributed by atoms with van der Waals surface area (Å²) in [5, 5.41) is 0. The number of carbonyl (C=O) groups is 2. The summed E-state index contributed by atoms with van der Waals surface area (Å²) in [7, 11) is 3.03. The van der Waals surface area contributed by atoms with Crippen LogP contribution in [0.3, 0.4) is 0 Å². The third-order valence-electron chi connectivity index (χ3n) is 3.63. The van der Waals surface area contributed by atoms with Gasteiger partial charge in [0.25, 0.3) is 0 Å². The average Bonchev–Trinajstić information content (AvgIpc) is 2.55. The van der Waals surface area contributed by atoms with Crippen molar-refractivity contribution in [3.8, 4) is 11.5 Å². The number of hydrogen-bond acceptors (Lipinski definition) is 5. The van der Waals surface area contributed by atoms with Gasteiger partial charge in [0.15, 0.2) is 0 Å². The number of methoxy groups -OCH3 is 2. The summed E-state index contributed by atoms with van der Waals surface area (Å²) in [6.07, 6.45) is 0. The van der Waals surface area contributed by atoms with E-state index in [2.05, 4.69) is 0 Å². The second-order valence-corrected chi connectivity index (χ2v) is 4.94. The number of ether oxygens (including phenoxy) is 3. The molecule has 0 aliphatic heterocycles. The first kappa shape index (κ1) is 16.5. The zero-order chi connectivity index (χ0) is 17.0. The van der Waals surface area contributed by atoms with Crippen molar-refractivity contribution in [2.75, 3.05) is 14.2 Å². The second-order valence-electron chi connectivity index (χ2n) is 4.94. The largest absolute Gasteiger partial charge is 0.496 e. The standard InChI is InChI=1S/C18H18O5/c1-11-13(7-5-9-15(11)21-3)17(19)23-18(20)14-8-6-10-16(22-4)12(14)2/h5-10H,1-4H3. The van der Waals surface area contributed by atoms with Crippen LogP contribution < -0.4 is 9.47 Å². The molecule has 0 fully saturated rings. The third kappa shape index (κ3) is 3.34. The van der Waals surface area contributed by atoms with Crippen LogP contribution in [0.5, 0.6) is 11.5 Å². The number of hydrogen-bond donors (Lipinski definition) is 0. The van der Waals surface area contributed by atoms with Crippen molar-refractivity contribution < 1.29 is 23.8 Å². The number of esters is 2. The summed E-state index contributed by atoms with van der Waals surface area (Å²) in [5.41, 5.74) is 1.82. The van der Waals surface area contributed by atoms with Crippen molar-refractivity contribution in [3.05, 3.63) is 58.7 Å². The Balaban J connectivity index is 2.26. The minimum absolute atomic E-state index is 0.290. The van der Waals surface area contributed by atoms with Crippen LogP contribution >= 0.6 is 0 Å². The highest BCUT2D eigenvalue weighted by atomic mass is 16.6. The SMILES string of the molecule is COc1cccc(C(=O)OC(=O)c2cccc(OC)c2C)c1C. The maximum Gasteiger partial charge on any atom is 0.346 e. The van der Waals surface area contributed by atoms with Crippen LogP contribution in [0.15, 0.2) is 36.4 Å². The normalized spacial score (nSPS) is 10.1. The van der Waals surface area contributed by atoms with E-state index in [-0.39, 0.29) is 0 Å². The van der Waals surface area contributed by atoms with Gasteiger partial charge in [-0.3, -0.25) is 0 Å². The highest BCUT2D eigenvalue weighted by Gasteiger charge is 2.20. The molecule has 0 N–H and O–H groups in total. The molecule has 5 heteroatoms. The molecule has 0 bridgehead atoms. The molecule has 2 rings (SSSR count). The van der Waals surface area contributed by atoms with Crippen molar-refractivity contribution >= 4 is 11.9 Å². The van der Waals surface area contributed by atoms with E-state index in [1.54, 1.807) is 50.2 Å². The van der Waals surface area contributed by atoms with E-state index in [4.69, 9.17) is 14.2 Å². The molecule has 2 aromatic carbocycles. The van der Waals surface area contributed by atoms with Crippen LogP contribution in [0.25, 0.3) is 0 Å². The highest BCUT2D eigenvalue weighted by Crippen LogP contribution is 2.24. The summed E-state index contributed by atoms with van der Waals surface area (Å²) in [6.45, 7) is 3.47. The van der Waals surface area contributed by atoms with E-state index in [1.165, 1.54) is 14.2 Å². The van der Waals surface area contributed by atoms with Gasteiger partial charge in [-0.05, 0) is 38.1 Å². The molecule has 0 spiro atoms. The Labute approximate surface area is 134 Å². The zero-order valence-corrected chi connectivity index (χ0v) is 13.5. The number of carbonyl (C=O) groups excluding carboxylic acids is 2. The molecule has 0 amide bonds. The molecular formula is C18H18O5. The van der Waals surface area contributed by atoms with Crippen molar-refractivity contribution in [1.29, 1.82) is 0 Å². The molecule has 0 saturated heterocycles. The lowest BCUT2D eigenvalue weighted by molar-refractivity contribution is 0.0396. The molecule has 0 saturated carbocycles. The molecular weight excluding hydrogens is 296 g/mol. The maximum absolute atomic E-state index is 12.3. The molecule has 23 heavy (non-hydrogen) atoms. The highest BCUT2D eigenvalue weighted by molar-refractivity contribution is 6.04. The lowest BCUT2D eigenvalue weighted by Gasteiger charge is -2.11. The molecule has 2 aromatic rings. The van der Waals surface area contributed by atoms with Gasteiger partial charge in [-0.15, -0.1) is 0 Å². The van der Waals surface area contributed by atoms with E-state index in [9.17, 15) is 9.59 Å². The minimum atomic E-state index is -0.714. The van der Waals surface area contributed by atoms with Gasteiger partial charge in [-0.1, -0.05) is 12.1 Å². The van der Waals surface area contributed by atoms with Gasteiger partial charge in [0, 0.05) is 11.1 Å². The first-order valence-electron chi connectivity index (χ1n) is 7.03. The fourth-order valence-corrected chi connectivity index (χ4v) is 2.31. The lowest BCUT2D eigenvalue weighted by atomic mass is 10.1. The first-order valence-corrected chi connectivity index (χ1v) is 7.03. The fraction of sp³-hybridized carbons (Fsp3) is 0.222. The molecule has 0 unspecified atom stereocenters. The number of rotatable bonds is 4. The van der Waals surface area contributed by atoms with Gasteiger partial charge in [-0.25, -0.2) is 9.59 Å². The topological polar surface area (TPSA) is 61.8 Å². The van der Waals surface area contributed by atoms with Gasteiger partial charge in [0.05, 0.1) is 25.3 Å². The Bertz CT molecular complexity index is 686. The predicted molar refractivity (Wildman–Crippen MR) is 85.2 cm³/mol. The predicted octanol–water partition coefficient (Wildman–Crippen LogP) is 3.32. The monoisotopic (exact) mass is 314 g/mol. The molecule has 0 atom stereocenters. The van der Waals surface area contributed by atoms with Gasteiger partial charge in [-0.2, -0.15) is 0 Å². The summed E-state index contributed by atoms with van der Waals surface area (Å²) in [5.74, 6) is -0.309. The smallest absolute Gasteiger partial charge is 0.346 e. The van der Waals surface area contributed by atoms with Crippen LogP contribution in [0, 0.1) is 13.8 Å². The van der Waals surface area contributed by atoms with Gasteiger partial charge < -0.3 is 14.2 Å². The van der Waals surface area contributed by atoms with E-state index in [0.717, 1.165) is 0 Å². The van der Waals surface area contributed by atoms with Crippen LogP contribution in [0.1, 0.15) is 31.8 Å². The van der Waals surface area contributed by atoms with Crippen LogP contribution in [0.4, 0.5) is 0 Å². The van der Waals surface area contributed by atoms with E-state index in [1.807, 2.05) is 0 Å². The Morgan fingerprint density at radius 3 is 1.48 bits per heavy atom. The zero-order valence-electron chi connectivity index (χ0n) is 13.5. The average molecular weight is 314 g/mol. The summed E-state index contributed by atoms with van der Waals surface area (Å²) >= 11 is 0. The molecule has 0 aliphatic rings. The molecule has 0 heterocycles. The van der Waals surface area contributed by atoms with E-state index >= 15 is 0 Å². The third-order valence-corrected chi connectivity index (χ3v) is 3.63. The van der Waals surface area contributed by atoms with Crippen molar-refractivity contribution in [2.24, 2.45) is 0 Å². The minimum Gasteiger partial charge on any atom is -0.496 e. The van der Waals surface area contributed by atoms with Crippen molar-refractivity contribution in [3.63, 3.8) is 0 Å². The van der Waals surface area contributed by atoms with Crippen LogP contribution in [0.2, 0.25) is 0 Å². The van der Waals surface area contributed by atoms with Gasteiger partial charge >= 0.3 is 11.9 Å². The summed E-state index contributed by atoms with van der Waals surface area (Å²) < 4.78 is 15.3. The second kappa shape index (κ2) is 6.96. The molecule has 120 valence electrons. The first-order chi connectivity index (χ1) is 11.0. The maximum atomic E-state index is 12.3. The summed E-state index contributed by atoms with van der Waals surface area (Å²) in [4.78, 5) is 24.5. The Morgan fingerprint density at radius 2 is 1.13 bits per heavy atom. The van der Waals surface area contributed by atoms with Crippen LogP contribution in [-0.2, 0) is 4.74 Å². The van der Waals surface area contributed by atoms with Gasteiger partial charge in [0.1, 0.15) is 11.5 Å². The van der Waals surface area contributed by atoms with Crippen molar-refractivity contribution in [2.45, 2.75) is 13.8 Å². The van der Waals surface area contributed by atoms with Crippen molar-refractivity contribution in [1.82, 2.24) is 0 Å². The number of benzene rings is 2. The molecule has 5 nitrogen and oxygen atoms in total. The Morgan fingerprint density at radius 1 is 0.739 bits per heavy atom. The van der Waals surface area contributed by atoms with Crippen LogP contribution in [-0.4, -0.2) is 26.2 Å².